The number of piperazine rings is 1. The van der Waals surface area contributed by atoms with E-state index in [1.54, 1.807) is 17.7 Å². The third-order valence-corrected chi connectivity index (χ3v) is 7.01. The van der Waals surface area contributed by atoms with E-state index >= 15 is 0 Å². The zero-order valence-corrected chi connectivity index (χ0v) is 14.5. The maximum atomic E-state index is 12.9. The van der Waals surface area contributed by atoms with E-state index in [4.69, 9.17) is 0 Å². The number of anilines is 1. The van der Waals surface area contributed by atoms with Gasteiger partial charge in [-0.2, -0.15) is 0 Å². The predicted molar refractivity (Wildman–Crippen MR) is 95.1 cm³/mol. The van der Waals surface area contributed by atoms with Crippen LogP contribution in [0.3, 0.4) is 0 Å². The van der Waals surface area contributed by atoms with Crippen molar-refractivity contribution in [3.05, 3.63) is 17.8 Å². The lowest BCUT2D eigenvalue weighted by atomic mass is 9.87. The van der Waals surface area contributed by atoms with Gasteiger partial charge >= 0.3 is 0 Å². The molecule has 3 heterocycles. The fourth-order valence-electron chi connectivity index (χ4n) is 4.95. The fourth-order valence-corrected chi connectivity index (χ4v) is 5.68. The normalized spacial score (nSPS) is 29.6. The number of carbonyl (C=O) groups is 1. The number of amides is 1. The van der Waals surface area contributed by atoms with E-state index in [-0.39, 0.29) is 0 Å². The Labute approximate surface area is 145 Å². The standard InChI is InChI=1S/C18H22N4OS/c23-18(15-10-12-1-2-13(15)9-12)22-6-4-21(5-7-22)16-14-3-8-24-17(14)20-11-19-16/h3,8,11-13,15H,1-2,4-7,9-10H2/t12-,13-,15+/m0/s1. The minimum Gasteiger partial charge on any atom is -0.352 e. The van der Waals surface area contributed by atoms with Crippen LogP contribution in [-0.4, -0.2) is 47.0 Å². The fraction of sp³-hybridized carbons (Fsp3) is 0.611. The van der Waals surface area contributed by atoms with Crippen molar-refractivity contribution < 1.29 is 4.79 Å². The summed E-state index contributed by atoms with van der Waals surface area (Å²) in [6, 6.07) is 2.10. The van der Waals surface area contributed by atoms with Crippen LogP contribution in [0.2, 0.25) is 0 Å². The van der Waals surface area contributed by atoms with Crippen molar-refractivity contribution in [2.45, 2.75) is 25.7 Å². The number of rotatable bonds is 2. The molecule has 24 heavy (non-hydrogen) atoms. The number of carbonyl (C=O) groups excluding carboxylic acids is 1. The summed E-state index contributed by atoms with van der Waals surface area (Å²) in [5.74, 6) is 3.27. The average molecular weight is 342 g/mol. The van der Waals surface area contributed by atoms with Crippen molar-refractivity contribution in [1.29, 1.82) is 0 Å². The van der Waals surface area contributed by atoms with E-state index in [0.717, 1.165) is 54.6 Å². The molecule has 126 valence electrons. The van der Waals surface area contributed by atoms with Crippen LogP contribution in [0.15, 0.2) is 17.8 Å². The average Bonchev–Trinajstić information content (AvgIpc) is 3.36. The molecule has 6 heteroatoms. The van der Waals surface area contributed by atoms with E-state index in [1.165, 1.54) is 19.3 Å². The van der Waals surface area contributed by atoms with Gasteiger partial charge in [0.2, 0.25) is 5.91 Å². The highest BCUT2D eigenvalue weighted by atomic mass is 32.1. The molecule has 5 rings (SSSR count). The van der Waals surface area contributed by atoms with Crippen molar-refractivity contribution in [3.63, 3.8) is 0 Å². The molecule has 1 saturated heterocycles. The predicted octanol–water partition coefficient (Wildman–Crippen LogP) is 2.78. The van der Waals surface area contributed by atoms with Gasteiger partial charge in [-0.3, -0.25) is 4.79 Å². The Kier molecular flexibility index (Phi) is 3.47. The summed E-state index contributed by atoms with van der Waals surface area (Å²) < 4.78 is 0. The number of hydrogen-bond acceptors (Lipinski definition) is 5. The van der Waals surface area contributed by atoms with Crippen LogP contribution in [0.4, 0.5) is 5.82 Å². The first-order valence-electron chi connectivity index (χ1n) is 9.01. The molecule has 2 aliphatic carbocycles. The molecular weight excluding hydrogens is 320 g/mol. The second-order valence-corrected chi connectivity index (χ2v) is 8.32. The summed E-state index contributed by atoms with van der Waals surface area (Å²) in [6.07, 6.45) is 6.73. The van der Waals surface area contributed by atoms with E-state index in [2.05, 4.69) is 31.2 Å². The third kappa shape index (κ3) is 2.31. The van der Waals surface area contributed by atoms with Crippen molar-refractivity contribution in [1.82, 2.24) is 14.9 Å². The zero-order valence-electron chi connectivity index (χ0n) is 13.7. The van der Waals surface area contributed by atoms with Gasteiger partial charge in [0.25, 0.3) is 0 Å². The lowest BCUT2D eigenvalue weighted by Gasteiger charge is -2.37. The minimum absolute atomic E-state index is 0.318. The molecule has 0 N–H and O–H groups in total. The maximum absolute atomic E-state index is 12.9. The van der Waals surface area contributed by atoms with Crippen LogP contribution in [0, 0.1) is 17.8 Å². The Morgan fingerprint density at radius 3 is 2.75 bits per heavy atom. The molecule has 0 unspecified atom stereocenters. The molecule has 2 saturated carbocycles. The molecule has 0 radical (unpaired) electrons. The molecule has 1 aliphatic heterocycles. The Hall–Kier alpha value is -1.69. The van der Waals surface area contributed by atoms with Crippen LogP contribution < -0.4 is 4.90 Å². The molecule has 3 fully saturated rings. The first-order valence-corrected chi connectivity index (χ1v) is 9.89. The molecule has 1 amide bonds. The van der Waals surface area contributed by atoms with Crippen molar-refractivity contribution in [2.24, 2.45) is 17.8 Å². The van der Waals surface area contributed by atoms with Gasteiger partial charge in [0.15, 0.2) is 0 Å². The Morgan fingerprint density at radius 1 is 1.12 bits per heavy atom. The van der Waals surface area contributed by atoms with E-state index in [0.29, 0.717) is 17.7 Å². The van der Waals surface area contributed by atoms with Gasteiger partial charge in [0.05, 0.1) is 5.39 Å². The van der Waals surface area contributed by atoms with Gasteiger partial charge in [-0.05, 0) is 42.5 Å². The number of hydrogen-bond donors (Lipinski definition) is 0. The van der Waals surface area contributed by atoms with Gasteiger partial charge < -0.3 is 9.80 Å². The lowest BCUT2D eigenvalue weighted by molar-refractivity contribution is -0.137. The second-order valence-electron chi connectivity index (χ2n) is 7.43. The van der Waals surface area contributed by atoms with E-state index in [1.807, 2.05) is 0 Å². The van der Waals surface area contributed by atoms with Crippen LogP contribution >= 0.6 is 11.3 Å². The Bertz CT molecular complexity index is 767. The van der Waals surface area contributed by atoms with E-state index in [9.17, 15) is 4.79 Å². The maximum Gasteiger partial charge on any atom is 0.226 e. The SMILES string of the molecule is O=C([C@@H]1C[C@H]2CC[C@H]1C2)N1CCN(c2ncnc3sccc23)CC1. The summed E-state index contributed by atoms with van der Waals surface area (Å²) in [5.41, 5.74) is 0. The molecule has 2 aromatic heterocycles. The first kappa shape index (κ1) is 14.6. The van der Waals surface area contributed by atoms with Crippen molar-refractivity contribution in [3.8, 4) is 0 Å². The summed E-state index contributed by atoms with van der Waals surface area (Å²) in [4.78, 5) is 27.2. The van der Waals surface area contributed by atoms with Gasteiger partial charge in [0.1, 0.15) is 17.0 Å². The molecule has 3 aliphatic rings. The van der Waals surface area contributed by atoms with Crippen molar-refractivity contribution >= 4 is 33.3 Å². The number of nitrogens with zero attached hydrogens (tertiary/aromatic N) is 4. The van der Waals surface area contributed by atoms with Gasteiger partial charge in [-0.1, -0.05) is 6.42 Å². The molecule has 0 aromatic carbocycles. The number of thiophene rings is 1. The van der Waals surface area contributed by atoms with Gasteiger partial charge in [0, 0.05) is 32.1 Å². The van der Waals surface area contributed by atoms with Gasteiger partial charge in [-0.15, -0.1) is 11.3 Å². The van der Waals surface area contributed by atoms with Gasteiger partial charge in [-0.25, -0.2) is 9.97 Å². The van der Waals surface area contributed by atoms with Crippen LogP contribution in [0.1, 0.15) is 25.7 Å². The van der Waals surface area contributed by atoms with Crippen molar-refractivity contribution in [2.75, 3.05) is 31.1 Å². The zero-order chi connectivity index (χ0) is 16.1. The summed E-state index contributed by atoms with van der Waals surface area (Å²) in [6.45, 7) is 3.38. The Balaban J connectivity index is 1.27. The summed E-state index contributed by atoms with van der Waals surface area (Å²) >= 11 is 1.65. The van der Waals surface area contributed by atoms with Crippen LogP contribution in [0.5, 0.6) is 0 Å². The minimum atomic E-state index is 0.318. The smallest absolute Gasteiger partial charge is 0.226 e. The monoisotopic (exact) mass is 342 g/mol. The largest absolute Gasteiger partial charge is 0.352 e. The second kappa shape index (κ2) is 5.69. The molecule has 3 atom stereocenters. The highest BCUT2D eigenvalue weighted by molar-refractivity contribution is 7.16. The molecule has 0 spiro atoms. The number of aromatic nitrogens is 2. The number of fused-ring (bicyclic) bond motifs is 3. The van der Waals surface area contributed by atoms with Crippen LogP contribution in [-0.2, 0) is 4.79 Å². The molecule has 2 aromatic rings. The molecule has 2 bridgehead atoms. The summed E-state index contributed by atoms with van der Waals surface area (Å²) in [7, 11) is 0. The first-order chi connectivity index (χ1) is 11.8. The third-order valence-electron chi connectivity index (χ3n) is 6.19. The molecular formula is C18H22N4OS. The molecule has 5 nitrogen and oxygen atoms in total. The summed E-state index contributed by atoms with van der Waals surface area (Å²) in [5, 5.41) is 3.20. The Morgan fingerprint density at radius 2 is 2.00 bits per heavy atom. The lowest BCUT2D eigenvalue weighted by Crippen LogP contribution is -2.51. The quantitative estimate of drug-likeness (QED) is 0.842. The highest BCUT2D eigenvalue weighted by Gasteiger charge is 2.44. The highest BCUT2D eigenvalue weighted by Crippen LogP contribution is 2.49. The topological polar surface area (TPSA) is 49.3 Å². The van der Waals surface area contributed by atoms with E-state index < -0.39 is 0 Å². The van der Waals surface area contributed by atoms with Crippen LogP contribution in [0.25, 0.3) is 10.2 Å².